The van der Waals surface area contributed by atoms with Crippen LogP contribution in [0.4, 0.5) is 5.82 Å². The molecule has 0 bridgehead atoms. The molecule has 1 saturated heterocycles. The number of nitrogens with one attached hydrogen (secondary N) is 1. The van der Waals surface area contributed by atoms with E-state index in [2.05, 4.69) is 19.9 Å². The van der Waals surface area contributed by atoms with Crippen molar-refractivity contribution in [1.82, 2.24) is 29.2 Å². The van der Waals surface area contributed by atoms with E-state index in [4.69, 9.17) is 26.3 Å². The highest BCUT2D eigenvalue weighted by atomic mass is 35.5. The highest BCUT2D eigenvalue weighted by molar-refractivity contribution is 7.85. The smallest absolute Gasteiger partial charge is 0.362 e. The van der Waals surface area contributed by atoms with Gasteiger partial charge in [0.25, 0.3) is 5.91 Å². The molecule has 0 aliphatic carbocycles. The van der Waals surface area contributed by atoms with Gasteiger partial charge in [0.15, 0.2) is 17.7 Å². The van der Waals surface area contributed by atoms with E-state index in [1.54, 1.807) is 4.72 Å². The fourth-order valence-corrected chi connectivity index (χ4v) is 3.98. The summed E-state index contributed by atoms with van der Waals surface area (Å²) < 4.78 is 37.6. The monoisotopic (exact) mass is 485 g/mol. The standard InChI is InChI=1S/C16H16ClN7O7S/c17-12-7(2-1-3-19-12)15(27)23-32(28,29)30-4-8-10(25)11(26)16(31-8)24-6-22-9-13(18)20-5-21-14(9)24/h1-3,5-6,8,10-11,16,25-26H,4H2,(H,23,27)(H2,18,20,21)/t8?,10-,11-,16?/m1/s1. The average molecular weight is 486 g/mol. The van der Waals surface area contributed by atoms with Crippen LogP contribution < -0.4 is 10.5 Å². The van der Waals surface area contributed by atoms with Gasteiger partial charge in [0.1, 0.15) is 35.3 Å². The summed E-state index contributed by atoms with van der Waals surface area (Å²) in [4.78, 5) is 27.7. The SMILES string of the molecule is Nc1ncnc2c1ncn2C1OC(COS(=O)(=O)NC(=O)c2cccnc2Cl)[C@@H](O)[C@H]1O. The first-order valence-corrected chi connectivity index (χ1v) is 10.7. The Balaban J connectivity index is 1.44. The molecule has 1 amide bonds. The van der Waals surface area contributed by atoms with Gasteiger partial charge < -0.3 is 20.7 Å². The number of imidazole rings is 1. The van der Waals surface area contributed by atoms with Gasteiger partial charge in [0.2, 0.25) is 0 Å². The maximum atomic E-state index is 12.1. The number of rotatable bonds is 6. The van der Waals surface area contributed by atoms with Crippen LogP contribution in [0.15, 0.2) is 31.0 Å². The molecule has 0 spiro atoms. The van der Waals surface area contributed by atoms with Crippen molar-refractivity contribution in [3.05, 3.63) is 41.7 Å². The highest BCUT2D eigenvalue weighted by Crippen LogP contribution is 2.32. The number of nitrogens with zero attached hydrogens (tertiary/aromatic N) is 5. The molecule has 1 aliphatic rings. The lowest BCUT2D eigenvalue weighted by Crippen LogP contribution is -2.38. The van der Waals surface area contributed by atoms with Crippen molar-refractivity contribution < 1.29 is 32.3 Å². The minimum Gasteiger partial charge on any atom is -0.387 e. The van der Waals surface area contributed by atoms with Crippen molar-refractivity contribution in [2.75, 3.05) is 12.3 Å². The zero-order valence-corrected chi connectivity index (χ0v) is 17.5. The molecule has 2 unspecified atom stereocenters. The second-order valence-corrected chi connectivity index (χ2v) is 8.35. The molecule has 3 aromatic rings. The quantitative estimate of drug-likeness (QED) is 0.303. The van der Waals surface area contributed by atoms with E-state index >= 15 is 0 Å². The summed E-state index contributed by atoms with van der Waals surface area (Å²) in [7, 11) is -4.60. The number of fused-ring (bicyclic) bond motifs is 1. The van der Waals surface area contributed by atoms with E-state index in [-0.39, 0.29) is 27.7 Å². The molecule has 170 valence electrons. The fourth-order valence-electron chi connectivity index (χ4n) is 3.06. The summed E-state index contributed by atoms with van der Waals surface area (Å²) >= 11 is 5.77. The number of aliphatic hydroxyl groups excluding tert-OH is 2. The molecule has 32 heavy (non-hydrogen) atoms. The molecule has 5 N–H and O–H groups in total. The number of anilines is 1. The number of halogens is 1. The minimum absolute atomic E-state index is 0.109. The van der Waals surface area contributed by atoms with E-state index in [1.807, 2.05) is 0 Å². The van der Waals surface area contributed by atoms with E-state index in [0.717, 1.165) is 0 Å². The van der Waals surface area contributed by atoms with Gasteiger partial charge in [-0.1, -0.05) is 11.6 Å². The van der Waals surface area contributed by atoms with Crippen LogP contribution in [0.3, 0.4) is 0 Å². The summed E-state index contributed by atoms with van der Waals surface area (Å²) in [6, 6.07) is 2.67. The molecule has 1 fully saturated rings. The fraction of sp³-hybridized carbons (Fsp3) is 0.312. The number of hydrogen-bond acceptors (Lipinski definition) is 12. The third-order valence-electron chi connectivity index (χ3n) is 4.61. The number of ether oxygens (including phenoxy) is 1. The molecular formula is C16H16ClN7O7S. The first kappa shape index (κ1) is 22.3. The number of amides is 1. The van der Waals surface area contributed by atoms with E-state index < -0.39 is 47.4 Å². The number of aromatic nitrogens is 5. The second-order valence-electron chi connectivity index (χ2n) is 6.64. The highest BCUT2D eigenvalue weighted by Gasteiger charge is 2.45. The summed E-state index contributed by atoms with van der Waals surface area (Å²) in [6.07, 6.45) is -1.61. The molecule has 4 heterocycles. The number of pyridine rings is 1. The van der Waals surface area contributed by atoms with Crippen LogP contribution in [0.5, 0.6) is 0 Å². The van der Waals surface area contributed by atoms with Gasteiger partial charge in [0.05, 0.1) is 18.5 Å². The summed E-state index contributed by atoms with van der Waals surface area (Å²) in [5.41, 5.74) is 6.05. The third-order valence-corrected chi connectivity index (χ3v) is 5.79. The Morgan fingerprint density at radius 1 is 1.28 bits per heavy atom. The lowest BCUT2D eigenvalue weighted by atomic mass is 10.1. The third kappa shape index (κ3) is 4.21. The molecular weight excluding hydrogens is 470 g/mol. The van der Waals surface area contributed by atoms with E-state index in [0.29, 0.717) is 0 Å². The summed E-state index contributed by atoms with van der Waals surface area (Å²) in [5.74, 6) is -0.951. The first-order valence-electron chi connectivity index (χ1n) is 8.94. The number of nitrogen functional groups attached to an aromatic ring is 1. The second kappa shape index (κ2) is 8.53. The maximum Gasteiger partial charge on any atom is 0.362 e. The molecule has 0 saturated carbocycles. The Labute approximate surface area is 185 Å². The van der Waals surface area contributed by atoms with Gasteiger partial charge in [-0.05, 0) is 12.1 Å². The van der Waals surface area contributed by atoms with Gasteiger partial charge in [0, 0.05) is 6.20 Å². The molecule has 0 radical (unpaired) electrons. The molecule has 3 aromatic heterocycles. The van der Waals surface area contributed by atoms with Crippen molar-refractivity contribution >= 4 is 44.8 Å². The molecule has 16 heteroatoms. The van der Waals surface area contributed by atoms with Gasteiger partial charge in [-0.25, -0.2) is 24.7 Å². The van der Waals surface area contributed by atoms with Crippen molar-refractivity contribution in [3.63, 3.8) is 0 Å². The molecule has 14 nitrogen and oxygen atoms in total. The maximum absolute atomic E-state index is 12.1. The van der Waals surface area contributed by atoms with E-state index in [1.165, 1.54) is 35.6 Å². The number of hydrogen-bond donors (Lipinski definition) is 4. The number of carbonyl (C=O) groups excluding carboxylic acids is 1. The van der Waals surface area contributed by atoms with Gasteiger partial charge in [-0.3, -0.25) is 13.5 Å². The molecule has 4 rings (SSSR count). The zero-order valence-electron chi connectivity index (χ0n) is 15.9. The number of nitrogens with two attached hydrogens (primary N) is 1. The van der Waals surface area contributed by atoms with Gasteiger partial charge in [-0.2, -0.15) is 8.42 Å². The average Bonchev–Trinajstić information content (AvgIpc) is 3.29. The van der Waals surface area contributed by atoms with Crippen LogP contribution in [-0.4, -0.2) is 74.0 Å². The van der Waals surface area contributed by atoms with Crippen molar-refractivity contribution in [3.8, 4) is 0 Å². The largest absolute Gasteiger partial charge is 0.387 e. The van der Waals surface area contributed by atoms with Crippen LogP contribution >= 0.6 is 11.6 Å². The topological polar surface area (TPSA) is 205 Å². The van der Waals surface area contributed by atoms with Crippen LogP contribution in [0.2, 0.25) is 5.15 Å². The zero-order chi connectivity index (χ0) is 23.0. The van der Waals surface area contributed by atoms with Gasteiger partial charge in [-0.15, -0.1) is 0 Å². The minimum atomic E-state index is -4.60. The lowest BCUT2D eigenvalue weighted by Gasteiger charge is -2.16. The Kier molecular flexibility index (Phi) is 5.93. The Hall–Kier alpha value is -2.95. The van der Waals surface area contributed by atoms with Gasteiger partial charge >= 0.3 is 10.3 Å². The number of aliphatic hydroxyl groups is 2. The van der Waals surface area contributed by atoms with Crippen LogP contribution in [0, 0.1) is 0 Å². The Morgan fingerprint density at radius 2 is 2.06 bits per heavy atom. The van der Waals surface area contributed by atoms with Crippen LogP contribution in [0.25, 0.3) is 11.2 Å². The summed E-state index contributed by atoms with van der Waals surface area (Å²) in [5, 5.41) is 20.5. The summed E-state index contributed by atoms with van der Waals surface area (Å²) in [6.45, 7) is -0.706. The predicted octanol–water partition coefficient (Wildman–Crippen LogP) is -1.23. The van der Waals surface area contributed by atoms with Crippen molar-refractivity contribution in [2.24, 2.45) is 0 Å². The first-order chi connectivity index (χ1) is 15.2. The normalized spacial score (nSPS) is 23.5. The van der Waals surface area contributed by atoms with Crippen molar-refractivity contribution in [1.29, 1.82) is 0 Å². The Bertz CT molecular complexity index is 1270. The van der Waals surface area contributed by atoms with E-state index in [9.17, 15) is 23.4 Å². The Morgan fingerprint density at radius 3 is 2.81 bits per heavy atom. The number of carbonyl (C=O) groups is 1. The molecule has 0 aromatic carbocycles. The van der Waals surface area contributed by atoms with Crippen LogP contribution in [0.1, 0.15) is 16.6 Å². The predicted molar refractivity (Wildman–Crippen MR) is 107 cm³/mol. The van der Waals surface area contributed by atoms with Crippen LogP contribution in [-0.2, 0) is 19.2 Å². The van der Waals surface area contributed by atoms with Crippen molar-refractivity contribution in [2.45, 2.75) is 24.5 Å². The molecule has 1 aliphatic heterocycles. The molecule has 4 atom stereocenters. The lowest BCUT2D eigenvalue weighted by molar-refractivity contribution is -0.0468.